The minimum Gasteiger partial charge on any atom is -0.494 e. The van der Waals surface area contributed by atoms with Gasteiger partial charge in [0.05, 0.1) is 18.6 Å². The lowest BCUT2D eigenvalue weighted by Gasteiger charge is -2.15. The van der Waals surface area contributed by atoms with Crippen LogP contribution in [0.2, 0.25) is 0 Å². The van der Waals surface area contributed by atoms with Gasteiger partial charge in [0.1, 0.15) is 5.75 Å². The lowest BCUT2D eigenvalue weighted by atomic mass is 9.88. The van der Waals surface area contributed by atoms with Gasteiger partial charge in [-0.3, -0.25) is 0 Å². The van der Waals surface area contributed by atoms with E-state index in [4.69, 9.17) is 4.74 Å². The van der Waals surface area contributed by atoms with E-state index in [-0.39, 0.29) is 5.92 Å². The lowest BCUT2D eigenvalue weighted by Crippen LogP contribution is -2.04. The number of nitriles is 1. The Kier molecular flexibility index (Phi) is 5.22. The Morgan fingerprint density at radius 2 is 1.64 bits per heavy atom. The Balaban J connectivity index is 2.25. The highest BCUT2D eigenvalue weighted by Crippen LogP contribution is 2.26. The van der Waals surface area contributed by atoms with E-state index in [2.05, 4.69) is 39.0 Å². The third-order valence-corrected chi connectivity index (χ3v) is 4.00. The van der Waals surface area contributed by atoms with Crippen LogP contribution < -0.4 is 4.74 Å². The van der Waals surface area contributed by atoms with E-state index in [1.165, 1.54) is 22.3 Å². The molecule has 114 valence electrons. The molecule has 22 heavy (non-hydrogen) atoms. The Morgan fingerprint density at radius 3 is 2.14 bits per heavy atom. The van der Waals surface area contributed by atoms with Gasteiger partial charge in [0.2, 0.25) is 0 Å². The Morgan fingerprint density at radius 1 is 1.05 bits per heavy atom. The number of aryl methyl sites for hydroxylation is 3. The molecule has 2 aromatic carbocycles. The maximum atomic E-state index is 9.57. The summed E-state index contributed by atoms with van der Waals surface area (Å²) in [7, 11) is 0. The van der Waals surface area contributed by atoms with Crippen molar-refractivity contribution in [2.24, 2.45) is 0 Å². The maximum absolute atomic E-state index is 9.57. The van der Waals surface area contributed by atoms with Gasteiger partial charge in [0.15, 0.2) is 0 Å². The minimum absolute atomic E-state index is 0.129. The second-order valence-electron chi connectivity index (χ2n) is 5.77. The fraction of sp³-hybridized carbons (Fsp3) is 0.350. The molecule has 0 fully saturated rings. The third kappa shape index (κ3) is 3.68. The fourth-order valence-corrected chi connectivity index (χ4v) is 2.94. The molecule has 0 heterocycles. The molecular formula is C20H23NO. The van der Waals surface area contributed by atoms with E-state index in [1.807, 2.05) is 31.2 Å². The van der Waals surface area contributed by atoms with E-state index in [0.717, 1.165) is 17.7 Å². The maximum Gasteiger partial charge on any atom is 0.119 e. The topological polar surface area (TPSA) is 33.0 Å². The minimum atomic E-state index is -0.129. The predicted molar refractivity (Wildman–Crippen MR) is 90.3 cm³/mol. The molecule has 0 aliphatic heterocycles. The van der Waals surface area contributed by atoms with Crippen LogP contribution in [0.15, 0.2) is 36.4 Å². The molecule has 0 aliphatic rings. The van der Waals surface area contributed by atoms with Gasteiger partial charge in [0, 0.05) is 0 Å². The van der Waals surface area contributed by atoms with Crippen molar-refractivity contribution in [3.05, 3.63) is 64.2 Å². The number of benzene rings is 2. The van der Waals surface area contributed by atoms with Crippen LogP contribution in [-0.4, -0.2) is 6.61 Å². The second kappa shape index (κ2) is 7.13. The Bertz CT molecular complexity index is 657. The number of ether oxygens (including phenoxy) is 1. The molecule has 0 aromatic heterocycles. The van der Waals surface area contributed by atoms with Crippen LogP contribution in [0.3, 0.4) is 0 Å². The van der Waals surface area contributed by atoms with Crippen molar-refractivity contribution < 1.29 is 4.74 Å². The van der Waals surface area contributed by atoms with Crippen LogP contribution in [0, 0.1) is 32.1 Å². The molecule has 0 saturated heterocycles. The summed E-state index contributed by atoms with van der Waals surface area (Å²) in [4.78, 5) is 0. The molecule has 2 nitrogen and oxygen atoms in total. The number of hydrogen-bond acceptors (Lipinski definition) is 2. The Labute approximate surface area is 133 Å². The van der Waals surface area contributed by atoms with Crippen LogP contribution in [0.4, 0.5) is 0 Å². The number of rotatable bonds is 5. The van der Waals surface area contributed by atoms with Gasteiger partial charge in [-0.05, 0) is 68.5 Å². The zero-order valence-corrected chi connectivity index (χ0v) is 13.8. The molecule has 0 N–H and O–H groups in total. The summed E-state index contributed by atoms with van der Waals surface area (Å²) in [5.41, 5.74) is 6.14. The summed E-state index contributed by atoms with van der Waals surface area (Å²) in [6, 6.07) is 14.7. The predicted octanol–water partition coefficient (Wildman–Crippen LogP) is 4.86. The van der Waals surface area contributed by atoms with Gasteiger partial charge in [-0.2, -0.15) is 5.26 Å². The van der Waals surface area contributed by atoms with Gasteiger partial charge in [-0.1, -0.05) is 29.8 Å². The van der Waals surface area contributed by atoms with Crippen LogP contribution in [0.1, 0.15) is 40.7 Å². The fourth-order valence-electron chi connectivity index (χ4n) is 2.94. The zero-order chi connectivity index (χ0) is 16.1. The monoisotopic (exact) mass is 293 g/mol. The molecular weight excluding hydrogens is 270 g/mol. The molecule has 0 saturated carbocycles. The van der Waals surface area contributed by atoms with Crippen molar-refractivity contribution in [3.8, 4) is 11.8 Å². The molecule has 1 atom stereocenters. The second-order valence-corrected chi connectivity index (χ2v) is 5.77. The molecule has 2 aromatic rings. The first-order valence-corrected chi connectivity index (χ1v) is 7.74. The lowest BCUT2D eigenvalue weighted by molar-refractivity contribution is 0.340. The summed E-state index contributed by atoms with van der Waals surface area (Å²) in [5, 5.41) is 9.57. The van der Waals surface area contributed by atoms with E-state index in [0.29, 0.717) is 6.61 Å². The van der Waals surface area contributed by atoms with E-state index >= 15 is 0 Å². The summed E-state index contributed by atoms with van der Waals surface area (Å²) < 4.78 is 5.46. The van der Waals surface area contributed by atoms with Crippen LogP contribution in [0.5, 0.6) is 5.75 Å². The largest absolute Gasteiger partial charge is 0.494 e. The molecule has 0 aliphatic carbocycles. The molecule has 0 amide bonds. The van der Waals surface area contributed by atoms with Crippen molar-refractivity contribution >= 4 is 0 Å². The van der Waals surface area contributed by atoms with Crippen LogP contribution >= 0.6 is 0 Å². The number of hydrogen-bond donors (Lipinski definition) is 0. The van der Waals surface area contributed by atoms with Gasteiger partial charge in [-0.25, -0.2) is 0 Å². The molecule has 0 radical (unpaired) electrons. The van der Waals surface area contributed by atoms with Gasteiger partial charge < -0.3 is 4.74 Å². The quantitative estimate of drug-likeness (QED) is 0.788. The van der Waals surface area contributed by atoms with Crippen LogP contribution in [-0.2, 0) is 6.42 Å². The molecule has 0 spiro atoms. The molecule has 0 bridgehead atoms. The smallest absolute Gasteiger partial charge is 0.119 e. The first-order valence-electron chi connectivity index (χ1n) is 7.74. The van der Waals surface area contributed by atoms with Crippen molar-refractivity contribution in [1.82, 2.24) is 0 Å². The first kappa shape index (κ1) is 16.1. The highest BCUT2D eigenvalue weighted by atomic mass is 16.5. The van der Waals surface area contributed by atoms with Gasteiger partial charge in [-0.15, -0.1) is 0 Å². The molecule has 1 unspecified atom stereocenters. The van der Waals surface area contributed by atoms with Crippen molar-refractivity contribution in [2.45, 2.75) is 40.0 Å². The average Bonchev–Trinajstić information content (AvgIpc) is 2.48. The van der Waals surface area contributed by atoms with Crippen molar-refractivity contribution in [1.29, 1.82) is 5.26 Å². The zero-order valence-electron chi connectivity index (χ0n) is 13.8. The summed E-state index contributed by atoms with van der Waals surface area (Å²) >= 11 is 0. The summed E-state index contributed by atoms with van der Waals surface area (Å²) in [6.45, 7) is 8.99. The standard InChI is InChI=1S/C20H23NO/c1-5-22-19-8-6-17(7-9-19)18(13-21)12-20-15(3)10-14(2)11-16(20)4/h6-11,18H,5,12H2,1-4H3. The normalized spacial score (nSPS) is 11.8. The average molecular weight is 293 g/mol. The number of nitrogens with zero attached hydrogens (tertiary/aromatic N) is 1. The van der Waals surface area contributed by atoms with Gasteiger partial charge in [0.25, 0.3) is 0 Å². The molecule has 2 rings (SSSR count). The summed E-state index contributed by atoms with van der Waals surface area (Å²) in [5.74, 6) is 0.724. The van der Waals surface area contributed by atoms with E-state index in [9.17, 15) is 5.26 Å². The highest BCUT2D eigenvalue weighted by molar-refractivity contribution is 5.41. The first-order chi connectivity index (χ1) is 10.5. The van der Waals surface area contributed by atoms with Crippen molar-refractivity contribution in [3.63, 3.8) is 0 Å². The van der Waals surface area contributed by atoms with E-state index < -0.39 is 0 Å². The van der Waals surface area contributed by atoms with Crippen LogP contribution in [0.25, 0.3) is 0 Å². The SMILES string of the molecule is CCOc1ccc(C(C#N)Cc2c(C)cc(C)cc2C)cc1. The highest BCUT2D eigenvalue weighted by Gasteiger charge is 2.15. The Hall–Kier alpha value is -2.27. The summed E-state index contributed by atoms with van der Waals surface area (Å²) in [6.07, 6.45) is 0.752. The third-order valence-electron chi connectivity index (χ3n) is 4.00. The van der Waals surface area contributed by atoms with Gasteiger partial charge >= 0.3 is 0 Å². The van der Waals surface area contributed by atoms with Crippen molar-refractivity contribution in [2.75, 3.05) is 6.61 Å². The molecule has 2 heteroatoms. The van der Waals surface area contributed by atoms with E-state index in [1.54, 1.807) is 0 Å².